The number of nitrogens with zero attached hydrogens (tertiary/aromatic N) is 2. The van der Waals surface area contributed by atoms with Gasteiger partial charge in [0.25, 0.3) is 11.7 Å². The van der Waals surface area contributed by atoms with Crippen LogP contribution in [0.2, 0.25) is 10.0 Å². The van der Waals surface area contributed by atoms with E-state index in [4.69, 9.17) is 32.7 Å². The fourth-order valence-corrected chi connectivity index (χ4v) is 4.08. The minimum atomic E-state index is -0.135. The first kappa shape index (κ1) is 23.3. The van der Waals surface area contributed by atoms with Crippen LogP contribution in [0.5, 0.6) is 11.5 Å². The molecule has 2 aromatic carbocycles. The average Bonchev–Trinajstić information content (AvgIpc) is 3.34. The monoisotopic (exact) mass is 481 g/mol. The lowest BCUT2D eigenvalue weighted by Gasteiger charge is -2.11. The number of imidazole rings is 1. The molecule has 1 N–H and O–H groups in total. The molecule has 0 unspecified atom stereocenters. The number of carbonyl (C=O) groups excluding carboxylic acids is 1. The molecular weight excluding hydrogens is 461 g/mol. The van der Waals surface area contributed by atoms with Crippen molar-refractivity contribution in [3.05, 3.63) is 58.5 Å². The Labute approximate surface area is 197 Å². The number of benzene rings is 2. The molecule has 6 nitrogen and oxygen atoms in total. The first-order chi connectivity index (χ1) is 14.5. The largest absolute Gasteiger partial charge is 1.00 e. The summed E-state index contributed by atoms with van der Waals surface area (Å²) in [5.74, 6) is 2.19. The predicted octanol–water partition coefficient (Wildman–Crippen LogP) is 1.36. The van der Waals surface area contributed by atoms with Crippen LogP contribution in [-0.4, -0.2) is 24.7 Å². The van der Waals surface area contributed by atoms with Gasteiger partial charge in [0.15, 0.2) is 12.2 Å². The van der Waals surface area contributed by atoms with Gasteiger partial charge >= 0.3 is 0 Å². The number of halogens is 3. The normalized spacial score (nSPS) is 12.1. The fourth-order valence-electron chi connectivity index (χ4n) is 3.78. The van der Waals surface area contributed by atoms with E-state index in [9.17, 15) is 4.79 Å². The molecule has 0 saturated heterocycles. The molecule has 1 aliphatic heterocycles. The second kappa shape index (κ2) is 9.81. The maximum atomic E-state index is 12.8. The van der Waals surface area contributed by atoms with E-state index >= 15 is 0 Å². The van der Waals surface area contributed by atoms with Crippen molar-refractivity contribution in [2.75, 3.05) is 19.5 Å². The van der Waals surface area contributed by atoms with E-state index in [1.807, 2.05) is 22.9 Å². The van der Waals surface area contributed by atoms with Gasteiger partial charge < -0.3 is 27.2 Å². The number of nitrogens with one attached hydrogen (secondary N) is 1. The number of aromatic nitrogens is 2. The van der Waals surface area contributed by atoms with Gasteiger partial charge in [-0.05, 0) is 36.8 Å². The van der Waals surface area contributed by atoms with Crippen molar-refractivity contribution in [1.82, 2.24) is 4.57 Å². The highest BCUT2D eigenvalue weighted by Crippen LogP contribution is 2.31. The molecule has 1 aliphatic rings. The number of anilines is 1. The summed E-state index contributed by atoms with van der Waals surface area (Å²) in [7, 11) is 3.15. The number of hydrogen-bond donors (Lipinski definition) is 1. The summed E-state index contributed by atoms with van der Waals surface area (Å²) in [5, 5.41) is 3.97. The van der Waals surface area contributed by atoms with Crippen LogP contribution in [0.15, 0.2) is 42.6 Å². The molecule has 0 radical (unpaired) electrons. The smallest absolute Gasteiger partial charge is 0.266 e. The molecule has 9 heteroatoms. The van der Waals surface area contributed by atoms with Crippen LogP contribution in [0.4, 0.5) is 5.69 Å². The molecule has 31 heavy (non-hydrogen) atoms. The Hall–Kier alpha value is -2.41. The summed E-state index contributed by atoms with van der Waals surface area (Å²) >= 11 is 12.3. The Bertz CT molecular complexity index is 1110. The molecule has 1 amide bonds. The summed E-state index contributed by atoms with van der Waals surface area (Å²) in [6, 6.07) is 10.9. The number of methoxy groups -OCH3 is 2. The number of hydrogen-bond acceptors (Lipinski definition) is 3. The minimum absolute atomic E-state index is 0. The van der Waals surface area contributed by atoms with Gasteiger partial charge in [-0.15, -0.1) is 0 Å². The average molecular weight is 483 g/mol. The van der Waals surface area contributed by atoms with E-state index in [-0.39, 0.29) is 24.9 Å². The highest BCUT2D eigenvalue weighted by molar-refractivity contribution is 6.42. The molecule has 0 bridgehead atoms. The second-order valence-electron chi connectivity index (χ2n) is 7.06. The number of rotatable bonds is 6. The van der Waals surface area contributed by atoms with Crippen molar-refractivity contribution in [2.24, 2.45) is 0 Å². The van der Waals surface area contributed by atoms with Crippen LogP contribution in [0.3, 0.4) is 0 Å². The summed E-state index contributed by atoms with van der Waals surface area (Å²) in [6.07, 6.45) is 3.96. The Morgan fingerprint density at radius 2 is 1.94 bits per heavy atom. The van der Waals surface area contributed by atoms with Crippen LogP contribution in [0.25, 0.3) is 11.3 Å². The van der Waals surface area contributed by atoms with Crippen molar-refractivity contribution in [1.29, 1.82) is 0 Å². The maximum Gasteiger partial charge on any atom is 0.266 e. The molecule has 4 rings (SSSR count). The minimum Gasteiger partial charge on any atom is -1.00 e. The van der Waals surface area contributed by atoms with Crippen molar-refractivity contribution < 1.29 is 31.2 Å². The molecule has 0 aliphatic carbocycles. The third-order valence-electron chi connectivity index (χ3n) is 5.21. The Morgan fingerprint density at radius 1 is 1.13 bits per heavy atom. The lowest BCUT2D eigenvalue weighted by Crippen LogP contribution is -3.00. The highest BCUT2D eigenvalue weighted by Gasteiger charge is 2.30. The number of fused-ring (bicyclic) bond motifs is 1. The van der Waals surface area contributed by atoms with Gasteiger partial charge in [0, 0.05) is 11.6 Å². The van der Waals surface area contributed by atoms with Crippen LogP contribution in [0, 0.1) is 0 Å². The zero-order chi connectivity index (χ0) is 21.3. The zero-order valence-electron chi connectivity index (χ0n) is 17.1. The van der Waals surface area contributed by atoms with E-state index in [2.05, 4.69) is 9.88 Å². The SMILES string of the molecule is COc1ccc(NC(=O)C[n+]2cc(-c3ccc(Cl)c(Cl)c3)n3c2CCC3)c(OC)c1.[Cl-]. The number of carbonyl (C=O) groups is 1. The third-order valence-corrected chi connectivity index (χ3v) is 5.95. The lowest BCUT2D eigenvalue weighted by atomic mass is 10.1. The second-order valence-corrected chi connectivity index (χ2v) is 7.87. The van der Waals surface area contributed by atoms with Gasteiger partial charge in [0.2, 0.25) is 0 Å². The van der Waals surface area contributed by atoms with E-state index in [1.165, 1.54) is 0 Å². The molecule has 0 saturated carbocycles. The molecule has 0 fully saturated rings. The van der Waals surface area contributed by atoms with E-state index in [1.54, 1.807) is 38.5 Å². The van der Waals surface area contributed by atoms with E-state index < -0.39 is 0 Å². The standard InChI is InChI=1S/C22H21Cl2N3O3.ClH/c1-29-15-6-8-18(20(11-15)30-2)25-21(28)13-26-12-19(27-9-3-4-22(26)27)14-5-7-16(23)17(24)10-14;/h5-8,10-12H,3-4,9,13H2,1-2H3;1H. The molecule has 164 valence electrons. The van der Waals surface area contributed by atoms with Gasteiger partial charge in [-0.2, -0.15) is 0 Å². The lowest BCUT2D eigenvalue weighted by molar-refractivity contribution is -0.690. The molecule has 2 heterocycles. The topological polar surface area (TPSA) is 56.4 Å². The fraction of sp³-hybridized carbons (Fsp3) is 0.273. The quantitative estimate of drug-likeness (QED) is 0.540. The van der Waals surface area contributed by atoms with E-state index in [0.29, 0.717) is 27.2 Å². The van der Waals surface area contributed by atoms with Gasteiger partial charge in [-0.3, -0.25) is 4.79 Å². The summed E-state index contributed by atoms with van der Waals surface area (Å²) < 4.78 is 14.8. The number of ether oxygens (including phenoxy) is 2. The summed E-state index contributed by atoms with van der Waals surface area (Å²) in [4.78, 5) is 12.8. The van der Waals surface area contributed by atoms with Crippen LogP contribution < -0.4 is 31.8 Å². The van der Waals surface area contributed by atoms with Gasteiger partial charge in [0.1, 0.15) is 17.7 Å². The molecule has 1 aromatic heterocycles. The molecule has 0 atom stereocenters. The Morgan fingerprint density at radius 3 is 2.65 bits per heavy atom. The maximum absolute atomic E-state index is 12.8. The van der Waals surface area contributed by atoms with Gasteiger partial charge in [0.05, 0.1) is 42.9 Å². The Balaban J connectivity index is 0.00000272. The summed E-state index contributed by atoms with van der Waals surface area (Å²) in [6.45, 7) is 1.11. The predicted molar refractivity (Wildman–Crippen MR) is 117 cm³/mol. The van der Waals surface area contributed by atoms with Crippen molar-refractivity contribution in [3.8, 4) is 22.8 Å². The van der Waals surface area contributed by atoms with Gasteiger partial charge in [-0.25, -0.2) is 9.13 Å². The van der Waals surface area contributed by atoms with E-state index in [0.717, 1.165) is 36.5 Å². The van der Waals surface area contributed by atoms with Crippen molar-refractivity contribution in [3.63, 3.8) is 0 Å². The highest BCUT2D eigenvalue weighted by atomic mass is 35.5. The molecule has 3 aromatic rings. The van der Waals surface area contributed by atoms with Gasteiger partial charge in [-0.1, -0.05) is 23.2 Å². The Kier molecular flexibility index (Phi) is 7.36. The zero-order valence-corrected chi connectivity index (χ0v) is 19.4. The third kappa shape index (κ3) is 4.76. The summed E-state index contributed by atoms with van der Waals surface area (Å²) in [5.41, 5.74) is 2.60. The van der Waals surface area contributed by atoms with Crippen molar-refractivity contribution in [2.45, 2.75) is 25.9 Å². The first-order valence-electron chi connectivity index (χ1n) is 9.59. The molecular formula is C22H22Cl3N3O3. The first-order valence-corrected chi connectivity index (χ1v) is 10.3. The van der Waals surface area contributed by atoms with Crippen molar-refractivity contribution >= 4 is 34.8 Å². The molecule has 0 spiro atoms. The number of amides is 1. The van der Waals surface area contributed by atoms with Crippen LogP contribution in [-0.2, 0) is 24.3 Å². The van der Waals surface area contributed by atoms with Crippen LogP contribution >= 0.6 is 23.2 Å². The van der Waals surface area contributed by atoms with Crippen LogP contribution in [0.1, 0.15) is 12.2 Å².